The summed E-state index contributed by atoms with van der Waals surface area (Å²) in [6.07, 6.45) is 6.87. The van der Waals surface area contributed by atoms with E-state index < -0.39 is 10.8 Å². The van der Waals surface area contributed by atoms with E-state index in [1.54, 1.807) is 0 Å². The van der Waals surface area contributed by atoms with Gasteiger partial charge in [-0.1, -0.05) is 26.2 Å². The van der Waals surface area contributed by atoms with E-state index in [9.17, 15) is 4.21 Å². The Balaban J connectivity index is 2.48. The second-order valence-electron chi connectivity index (χ2n) is 3.93. The molecule has 3 heteroatoms. The standard InChI is InChI=1S/C10H21NOS/c1-2-8-13(12)10-7-5-3-4-6-9(10)11/h9-10H,2-8,11H2,1H3. The van der Waals surface area contributed by atoms with Crippen LogP contribution >= 0.6 is 0 Å². The highest BCUT2D eigenvalue weighted by Gasteiger charge is 2.24. The second-order valence-corrected chi connectivity index (χ2v) is 5.70. The molecule has 3 unspecified atom stereocenters. The molecule has 0 spiro atoms. The van der Waals surface area contributed by atoms with Gasteiger partial charge in [0.15, 0.2) is 0 Å². The highest BCUT2D eigenvalue weighted by Crippen LogP contribution is 2.21. The summed E-state index contributed by atoms with van der Waals surface area (Å²) in [6.45, 7) is 2.08. The summed E-state index contributed by atoms with van der Waals surface area (Å²) < 4.78 is 11.8. The lowest BCUT2D eigenvalue weighted by Gasteiger charge is -2.20. The van der Waals surface area contributed by atoms with Crippen molar-refractivity contribution in [3.63, 3.8) is 0 Å². The Morgan fingerprint density at radius 1 is 1.31 bits per heavy atom. The van der Waals surface area contributed by atoms with Gasteiger partial charge in [0.05, 0.1) is 0 Å². The summed E-state index contributed by atoms with van der Waals surface area (Å²) in [5.74, 6) is 0.832. The van der Waals surface area contributed by atoms with E-state index in [0.29, 0.717) is 0 Å². The number of hydrogen-bond acceptors (Lipinski definition) is 2. The lowest BCUT2D eigenvalue weighted by atomic mass is 10.1. The minimum atomic E-state index is -0.673. The van der Waals surface area contributed by atoms with E-state index >= 15 is 0 Å². The third-order valence-electron chi connectivity index (χ3n) is 2.75. The van der Waals surface area contributed by atoms with Crippen LogP contribution in [0.5, 0.6) is 0 Å². The molecule has 1 fully saturated rings. The van der Waals surface area contributed by atoms with Crippen LogP contribution in [0, 0.1) is 0 Å². The fraction of sp³-hybridized carbons (Fsp3) is 1.00. The Hall–Kier alpha value is 0.110. The molecule has 0 aliphatic heterocycles. The zero-order chi connectivity index (χ0) is 9.68. The van der Waals surface area contributed by atoms with Gasteiger partial charge in [0.1, 0.15) is 0 Å². The summed E-state index contributed by atoms with van der Waals surface area (Å²) in [6, 6.07) is 0.190. The molecule has 1 saturated carbocycles. The van der Waals surface area contributed by atoms with Crippen LogP contribution in [0.2, 0.25) is 0 Å². The van der Waals surface area contributed by atoms with Gasteiger partial charge in [-0.2, -0.15) is 0 Å². The topological polar surface area (TPSA) is 43.1 Å². The van der Waals surface area contributed by atoms with E-state index in [2.05, 4.69) is 6.92 Å². The average molecular weight is 203 g/mol. The lowest BCUT2D eigenvalue weighted by Crippen LogP contribution is -2.37. The first-order chi connectivity index (χ1) is 6.25. The quantitative estimate of drug-likeness (QED) is 0.711. The van der Waals surface area contributed by atoms with Crippen molar-refractivity contribution >= 4 is 10.8 Å². The van der Waals surface area contributed by atoms with Gasteiger partial charge < -0.3 is 5.73 Å². The smallest absolute Gasteiger partial charge is 0.0499 e. The van der Waals surface area contributed by atoms with Gasteiger partial charge in [0.25, 0.3) is 0 Å². The first-order valence-corrected chi connectivity index (χ1v) is 6.76. The summed E-state index contributed by atoms with van der Waals surface area (Å²) in [5.41, 5.74) is 6.02. The molecule has 0 aromatic heterocycles. The molecule has 3 atom stereocenters. The van der Waals surface area contributed by atoms with Crippen molar-refractivity contribution in [1.29, 1.82) is 0 Å². The third kappa shape index (κ3) is 3.39. The maximum atomic E-state index is 11.8. The van der Waals surface area contributed by atoms with Gasteiger partial charge in [-0.25, -0.2) is 0 Å². The zero-order valence-corrected chi connectivity index (χ0v) is 9.31. The molecule has 2 nitrogen and oxygen atoms in total. The molecule has 1 aliphatic rings. The highest BCUT2D eigenvalue weighted by atomic mass is 32.2. The Labute approximate surface area is 83.7 Å². The van der Waals surface area contributed by atoms with Crippen molar-refractivity contribution in [1.82, 2.24) is 0 Å². The van der Waals surface area contributed by atoms with E-state index in [1.165, 1.54) is 19.3 Å². The molecule has 0 bridgehead atoms. The monoisotopic (exact) mass is 203 g/mol. The Kier molecular flexibility index (Phi) is 4.96. The van der Waals surface area contributed by atoms with Crippen molar-refractivity contribution in [3.8, 4) is 0 Å². The van der Waals surface area contributed by atoms with Gasteiger partial charge >= 0.3 is 0 Å². The first-order valence-electron chi connectivity index (χ1n) is 5.38. The van der Waals surface area contributed by atoms with Crippen LogP contribution < -0.4 is 5.73 Å². The van der Waals surface area contributed by atoms with Gasteiger partial charge in [0.2, 0.25) is 0 Å². The molecular weight excluding hydrogens is 182 g/mol. The molecule has 2 N–H and O–H groups in total. The van der Waals surface area contributed by atoms with Crippen molar-refractivity contribution in [3.05, 3.63) is 0 Å². The van der Waals surface area contributed by atoms with Gasteiger partial charge in [-0.15, -0.1) is 0 Å². The molecule has 1 aliphatic carbocycles. The Bertz CT molecular complexity index is 172. The number of hydrogen-bond donors (Lipinski definition) is 1. The molecule has 13 heavy (non-hydrogen) atoms. The molecule has 0 amide bonds. The third-order valence-corrected chi connectivity index (χ3v) is 4.82. The van der Waals surface area contributed by atoms with Crippen LogP contribution in [-0.4, -0.2) is 21.3 Å². The predicted octanol–water partition coefficient (Wildman–Crippen LogP) is 1.81. The van der Waals surface area contributed by atoms with Crippen LogP contribution in [-0.2, 0) is 10.8 Å². The van der Waals surface area contributed by atoms with Crippen molar-refractivity contribution in [2.24, 2.45) is 5.73 Å². The second kappa shape index (κ2) is 5.76. The van der Waals surface area contributed by atoms with Crippen molar-refractivity contribution < 1.29 is 4.21 Å². The fourth-order valence-electron chi connectivity index (χ4n) is 1.98. The highest BCUT2D eigenvalue weighted by molar-refractivity contribution is 7.85. The van der Waals surface area contributed by atoms with Crippen LogP contribution in [0.3, 0.4) is 0 Å². The zero-order valence-electron chi connectivity index (χ0n) is 8.50. The van der Waals surface area contributed by atoms with Crippen LogP contribution in [0.25, 0.3) is 0 Å². The maximum absolute atomic E-state index is 11.8. The largest absolute Gasteiger partial charge is 0.327 e. The van der Waals surface area contributed by atoms with Crippen LogP contribution in [0.15, 0.2) is 0 Å². The fourth-order valence-corrected chi connectivity index (χ4v) is 3.64. The van der Waals surface area contributed by atoms with E-state index in [-0.39, 0.29) is 11.3 Å². The number of rotatable bonds is 3. The molecule has 0 saturated heterocycles. The van der Waals surface area contributed by atoms with Crippen molar-refractivity contribution in [2.45, 2.75) is 56.7 Å². The minimum Gasteiger partial charge on any atom is -0.327 e. The van der Waals surface area contributed by atoms with Crippen LogP contribution in [0.4, 0.5) is 0 Å². The molecule has 0 radical (unpaired) electrons. The van der Waals surface area contributed by atoms with E-state index in [0.717, 1.165) is 25.0 Å². The molecule has 0 heterocycles. The van der Waals surface area contributed by atoms with Gasteiger partial charge in [-0.3, -0.25) is 4.21 Å². The molecule has 0 aromatic carbocycles. The molecular formula is C10H21NOS. The maximum Gasteiger partial charge on any atom is 0.0499 e. The van der Waals surface area contributed by atoms with Crippen LogP contribution in [0.1, 0.15) is 45.4 Å². The predicted molar refractivity (Wildman–Crippen MR) is 58.1 cm³/mol. The van der Waals surface area contributed by atoms with E-state index in [4.69, 9.17) is 5.73 Å². The molecule has 1 rings (SSSR count). The summed E-state index contributed by atoms with van der Waals surface area (Å²) >= 11 is 0. The van der Waals surface area contributed by atoms with Gasteiger partial charge in [0, 0.05) is 27.8 Å². The van der Waals surface area contributed by atoms with Gasteiger partial charge in [-0.05, 0) is 19.3 Å². The minimum absolute atomic E-state index is 0.190. The molecule has 0 aromatic rings. The molecule has 78 valence electrons. The first kappa shape index (κ1) is 11.2. The van der Waals surface area contributed by atoms with Crippen molar-refractivity contribution in [2.75, 3.05) is 5.75 Å². The Morgan fingerprint density at radius 3 is 2.69 bits per heavy atom. The number of nitrogens with two attached hydrogens (primary N) is 1. The summed E-state index contributed by atoms with van der Waals surface area (Å²) in [5, 5.41) is 0.280. The lowest BCUT2D eigenvalue weighted by molar-refractivity contribution is 0.574. The summed E-state index contributed by atoms with van der Waals surface area (Å²) in [4.78, 5) is 0. The van der Waals surface area contributed by atoms with E-state index in [1.807, 2.05) is 0 Å². The normalized spacial score (nSPS) is 32.5. The Morgan fingerprint density at radius 2 is 2.00 bits per heavy atom. The average Bonchev–Trinajstić information content (AvgIpc) is 2.30. The SMILES string of the molecule is CCCS(=O)C1CCCCCC1N. The summed E-state index contributed by atoms with van der Waals surface area (Å²) in [7, 11) is -0.673.